The number of hydrogen-bond acceptors (Lipinski definition) is 3. The van der Waals surface area contributed by atoms with Gasteiger partial charge in [-0.25, -0.2) is 23.1 Å². The first-order valence-corrected chi connectivity index (χ1v) is 10.8. The highest BCUT2D eigenvalue weighted by atomic mass is 35.5. The molecule has 3 aromatic carbocycles. The number of benzene rings is 3. The third-order valence-corrected chi connectivity index (χ3v) is 5.94. The molecule has 0 spiro atoms. The molecule has 2 heterocycles. The van der Waals surface area contributed by atoms with Gasteiger partial charge in [0.15, 0.2) is 11.2 Å². The number of halogens is 3. The Kier molecular flexibility index (Phi) is 5.59. The van der Waals surface area contributed by atoms with Gasteiger partial charge in [-0.1, -0.05) is 48.0 Å². The molecule has 0 bridgehead atoms. The maximum absolute atomic E-state index is 14.4. The lowest BCUT2D eigenvalue weighted by atomic mass is 10.2. The largest absolute Gasteiger partial charge is 0.337 e. The second-order valence-electron chi connectivity index (χ2n) is 7.71. The highest BCUT2D eigenvalue weighted by molar-refractivity contribution is 6.31. The molecule has 0 saturated carbocycles. The van der Waals surface area contributed by atoms with E-state index in [-0.39, 0.29) is 29.8 Å². The first kappa shape index (κ1) is 21.8. The van der Waals surface area contributed by atoms with Gasteiger partial charge in [0.1, 0.15) is 11.6 Å². The molecule has 2 aromatic heterocycles. The van der Waals surface area contributed by atoms with E-state index in [4.69, 9.17) is 11.6 Å². The van der Waals surface area contributed by atoms with E-state index in [1.165, 1.54) is 53.4 Å². The van der Waals surface area contributed by atoms with Crippen molar-refractivity contribution in [3.8, 4) is 5.69 Å². The molecule has 0 amide bonds. The fourth-order valence-electron chi connectivity index (χ4n) is 3.87. The first-order chi connectivity index (χ1) is 16.4. The van der Waals surface area contributed by atoms with E-state index < -0.39 is 22.9 Å². The van der Waals surface area contributed by atoms with Gasteiger partial charge in [-0.3, -0.25) is 9.36 Å². The van der Waals surface area contributed by atoms with Gasteiger partial charge in [0.2, 0.25) is 0 Å². The lowest BCUT2D eigenvalue weighted by Gasteiger charge is -2.13. The van der Waals surface area contributed by atoms with Crippen LogP contribution in [0.1, 0.15) is 11.1 Å². The van der Waals surface area contributed by atoms with E-state index in [1.54, 1.807) is 22.8 Å². The van der Waals surface area contributed by atoms with Crippen molar-refractivity contribution in [2.45, 2.75) is 13.1 Å². The van der Waals surface area contributed by atoms with E-state index in [1.807, 2.05) is 12.1 Å². The predicted octanol–water partition coefficient (Wildman–Crippen LogP) is 4.38. The van der Waals surface area contributed by atoms with Crippen molar-refractivity contribution in [3.63, 3.8) is 0 Å². The Labute approximate surface area is 196 Å². The summed E-state index contributed by atoms with van der Waals surface area (Å²) in [5.74, 6) is -1.01. The maximum atomic E-state index is 14.4. The van der Waals surface area contributed by atoms with Gasteiger partial charge in [0.05, 0.1) is 25.1 Å². The second kappa shape index (κ2) is 8.72. The number of hydrogen-bond donors (Lipinski definition) is 0. The SMILES string of the molecule is O=c1c2c(ncn2Cc2ccccc2Cl)n(-c2ccc(F)cc2)c(=O)n1Cc1ccccc1F. The predicted molar refractivity (Wildman–Crippen MR) is 126 cm³/mol. The van der Waals surface area contributed by atoms with Crippen molar-refractivity contribution in [2.24, 2.45) is 0 Å². The summed E-state index contributed by atoms with van der Waals surface area (Å²) >= 11 is 6.31. The second-order valence-corrected chi connectivity index (χ2v) is 8.12. The normalized spacial score (nSPS) is 11.3. The van der Waals surface area contributed by atoms with Crippen LogP contribution in [0.2, 0.25) is 5.02 Å². The fourth-order valence-corrected chi connectivity index (χ4v) is 4.06. The van der Waals surface area contributed by atoms with E-state index in [9.17, 15) is 18.4 Å². The molecule has 0 unspecified atom stereocenters. The molecule has 0 N–H and O–H groups in total. The summed E-state index contributed by atoms with van der Waals surface area (Å²) in [6, 6.07) is 18.4. The van der Waals surface area contributed by atoms with Gasteiger partial charge in [-0.05, 0) is 42.0 Å². The summed E-state index contributed by atoms with van der Waals surface area (Å²) in [6.45, 7) is -0.0501. The molecule has 5 rings (SSSR count). The van der Waals surface area contributed by atoms with E-state index in [2.05, 4.69) is 4.98 Å². The molecular weight excluding hydrogens is 462 g/mol. The van der Waals surface area contributed by atoms with Gasteiger partial charge in [0.25, 0.3) is 5.56 Å². The van der Waals surface area contributed by atoms with Gasteiger partial charge in [-0.2, -0.15) is 0 Å². The van der Waals surface area contributed by atoms with Crippen molar-refractivity contribution in [1.82, 2.24) is 18.7 Å². The molecule has 5 aromatic rings. The summed E-state index contributed by atoms with van der Waals surface area (Å²) in [4.78, 5) is 31.3. The fraction of sp³-hybridized carbons (Fsp3) is 0.0800. The first-order valence-electron chi connectivity index (χ1n) is 10.4. The van der Waals surface area contributed by atoms with Crippen LogP contribution in [0, 0.1) is 11.6 Å². The molecule has 34 heavy (non-hydrogen) atoms. The topological polar surface area (TPSA) is 61.8 Å². The molecule has 0 atom stereocenters. The van der Waals surface area contributed by atoms with Crippen LogP contribution in [-0.4, -0.2) is 18.7 Å². The average Bonchev–Trinajstić information content (AvgIpc) is 3.24. The summed E-state index contributed by atoms with van der Waals surface area (Å²) < 4.78 is 31.7. The smallest absolute Gasteiger partial charge is 0.320 e. The molecule has 0 aliphatic carbocycles. The van der Waals surface area contributed by atoms with E-state index in [0.29, 0.717) is 10.7 Å². The highest BCUT2D eigenvalue weighted by Gasteiger charge is 2.20. The molecule has 0 fully saturated rings. The van der Waals surface area contributed by atoms with Crippen molar-refractivity contribution in [1.29, 1.82) is 0 Å². The highest BCUT2D eigenvalue weighted by Crippen LogP contribution is 2.19. The van der Waals surface area contributed by atoms with Gasteiger partial charge < -0.3 is 4.57 Å². The summed E-state index contributed by atoms with van der Waals surface area (Å²) in [5, 5.41) is 0.517. The zero-order valence-electron chi connectivity index (χ0n) is 17.7. The van der Waals surface area contributed by atoms with Crippen molar-refractivity contribution in [3.05, 3.63) is 128 Å². The maximum Gasteiger partial charge on any atom is 0.337 e. The lowest BCUT2D eigenvalue weighted by molar-refractivity contribution is 0.586. The number of fused-ring (bicyclic) bond motifs is 1. The molecule has 0 aliphatic rings. The van der Waals surface area contributed by atoms with Crippen molar-refractivity contribution in [2.75, 3.05) is 0 Å². The quantitative estimate of drug-likeness (QED) is 0.377. The Morgan fingerprint density at radius 1 is 0.824 bits per heavy atom. The number of aromatic nitrogens is 4. The molecule has 0 radical (unpaired) electrons. The van der Waals surface area contributed by atoms with Crippen LogP contribution in [0.3, 0.4) is 0 Å². The zero-order chi connectivity index (χ0) is 23.8. The Morgan fingerprint density at radius 3 is 2.21 bits per heavy atom. The zero-order valence-corrected chi connectivity index (χ0v) is 18.4. The van der Waals surface area contributed by atoms with Crippen molar-refractivity contribution < 1.29 is 8.78 Å². The van der Waals surface area contributed by atoms with Crippen molar-refractivity contribution >= 4 is 22.8 Å². The standard InChI is InChI=1S/C25H17ClF2N4O2/c26-20-7-3-1-5-16(20)13-30-15-29-23-22(30)24(33)31(14-17-6-2-4-8-21(17)28)25(34)32(23)19-11-9-18(27)10-12-19/h1-12,15H,13-14H2. The van der Waals surface area contributed by atoms with Crippen LogP contribution < -0.4 is 11.2 Å². The summed E-state index contributed by atoms with van der Waals surface area (Å²) in [6.07, 6.45) is 1.45. The number of rotatable bonds is 5. The Morgan fingerprint density at radius 2 is 1.50 bits per heavy atom. The molecule has 0 aliphatic heterocycles. The lowest BCUT2D eigenvalue weighted by Crippen LogP contribution is -2.40. The average molecular weight is 479 g/mol. The van der Waals surface area contributed by atoms with E-state index >= 15 is 0 Å². The van der Waals surface area contributed by atoms with E-state index in [0.717, 1.165) is 10.1 Å². The number of nitrogens with zero attached hydrogens (tertiary/aromatic N) is 4. The molecule has 9 heteroatoms. The summed E-state index contributed by atoms with van der Waals surface area (Å²) in [5.41, 5.74) is 0.175. The van der Waals surface area contributed by atoms with Crippen LogP contribution >= 0.6 is 11.6 Å². The minimum absolute atomic E-state index is 0.110. The molecule has 170 valence electrons. The van der Waals surface area contributed by atoms with Crippen LogP contribution in [0.25, 0.3) is 16.9 Å². The Balaban J connectivity index is 1.78. The minimum atomic E-state index is -0.713. The Hall–Kier alpha value is -4.04. The van der Waals surface area contributed by atoms with Gasteiger partial charge >= 0.3 is 5.69 Å². The van der Waals surface area contributed by atoms with Crippen LogP contribution in [0.15, 0.2) is 88.7 Å². The van der Waals surface area contributed by atoms with Crippen LogP contribution in [0.5, 0.6) is 0 Å². The molecule has 6 nitrogen and oxygen atoms in total. The Bertz CT molecular complexity index is 1640. The molecule has 0 saturated heterocycles. The summed E-state index contributed by atoms with van der Waals surface area (Å²) in [7, 11) is 0. The minimum Gasteiger partial charge on any atom is -0.320 e. The van der Waals surface area contributed by atoms with Gasteiger partial charge in [0, 0.05) is 10.6 Å². The van der Waals surface area contributed by atoms with Crippen LogP contribution in [-0.2, 0) is 13.1 Å². The van der Waals surface area contributed by atoms with Gasteiger partial charge in [-0.15, -0.1) is 0 Å². The van der Waals surface area contributed by atoms with Crippen LogP contribution in [0.4, 0.5) is 8.78 Å². The molecular formula is C25H17ClF2N4O2. The third-order valence-electron chi connectivity index (χ3n) is 5.57. The third kappa shape index (κ3) is 3.82. The number of imidazole rings is 1. The monoisotopic (exact) mass is 478 g/mol.